The smallest absolute Gasteiger partial charge is 0.217 e. The van der Waals surface area contributed by atoms with Crippen LogP contribution in [0.4, 0.5) is 0 Å². The molecule has 0 aromatic carbocycles. The molecule has 1 saturated heterocycles. The van der Waals surface area contributed by atoms with E-state index in [4.69, 9.17) is 9.47 Å². The van der Waals surface area contributed by atoms with Crippen LogP contribution in [0, 0.1) is 0 Å². The lowest BCUT2D eigenvalue weighted by molar-refractivity contribution is -0.0513. The van der Waals surface area contributed by atoms with E-state index in [2.05, 4.69) is 33.9 Å². The molecule has 0 amide bonds. The van der Waals surface area contributed by atoms with Crippen LogP contribution in [0.25, 0.3) is 0 Å². The van der Waals surface area contributed by atoms with Crippen LogP contribution in [0.5, 0.6) is 5.88 Å². The zero-order valence-electron chi connectivity index (χ0n) is 8.92. The maximum atomic E-state index is 5.53. The molecule has 0 spiro atoms. The van der Waals surface area contributed by atoms with Gasteiger partial charge in [-0.1, -0.05) is 6.92 Å². The quantitative estimate of drug-likeness (QED) is 0.847. The van der Waals surface area contributed by atoms with Gasteiger partial charge in [-0.05, 0) is 28.9 Å². The molecule has 1 aromatic heterocycles. The van der Waals surface area contributed by atoms with Crippen molar-refractivity contribution in [2.75, 3.05) is 19.8 Å². The predicted molar refractivity (Wildman–Crippen MR) is 61.3 cm³/mol. The van der Waals surface area contributed by atoms with Crippen molar-refractivity contribution in [1.82, 2.24) is 4.98 Å². The van der Waals surface area contributed by atoms with Crippen LogP contribution in [0.3, 0.4) is 0 Å². The highest BCUT2D eigenvalue weighted by Gasteiger charge is 2.38. The molecule has 1 aliphatic heterocycles. The van der Waals surface area contributed by atoms with Gasteiger partial charge < -0.3 is 9.47 Å². The van der Waals surface area contributed by atoms with E-state index in [1.165, 1.54) is 0 Å². The second kappa shape index (κ2) is 4.10. The summed E-state index contributed by atoms with van der Waals surface area (Å²) in [5.41, 5.74) is 1.19. The second-order valence-corrected chi connectivity index (χ2v) is 4.91. The van der Waals surface area contributed by atoms with Crippen LogP contribution in [0.15, 0.2) is 16.7 Å². The van der Waals surface area contributed by atoms with Gasteiger partial charge in [0.1, 0.15) is 0 Å². The Labute approximate surface area is 97.9 Å². The Morgan fingerprint density at radius 1 is 1.60 bits per heavy atom. The summed E-state index contributed by atoms with van der Waals surface area (Å²) in [6.45, 7) is 6.25. The Morgan fingerprint density at radius 3 is 2.87 bits per heavy atom. The van der Waals surface area contributed by atoms with Crippen LogP contribution in [0.1, 0.15) is 19.4 Å². The molecule has 0 aliphatic carbocycles. The molecule has 0 atom stereocenters. The highest BCUT2D eigenvalue weighted by molar-refractivity contribution is 9.10. The molecule has 2 rings (SSSR count). The number of nitrogens with zero attached hydrogens (tertiary/aromatic N) is 1. The minimum Gasteiger partial charge on any atom is -0.478 e. The number of pyridine rings is 1. The van der Waals surface area contributed by atoms with E-state index in [1.54, 1.807) is 6.20 Å². The van der Waals surface area contributed by atoms with Gasteiger partial charge in [-0.25, -0.2) is 4.98 Å². The van der Waals surface area contributed by atoms with Gasteiger partial charge in [0.15, 0.2) is 0 Å². The number of hydrogen-bond donors (Lipinski definition) is 0. The van der Waals surface area contributed by atoms with Gasteiger partial charge in [-0.2, -0.15) is 0 Å². The topological polar surface area (TPSA) is 31.4 Å². The van der Waals surface area contributed by atoms with Crippen molar-refractivity contribution in [2.45, 2.75) is 19.3 Å². The van der Waals surface area contributed by atoms with Gasteiger partial charge in [0.05, 0.1) is 19.8 Å². The first-order valence-corrected chi connectivity index (χ1v) is 5.81. The molecule has 0 unspecified atom stereocenters. The van der Waals surface area contributed by atoms with Gasteiger partial charge in [0.25, 0.3) is 0 Å². The molecule has 3 nitrogen and oxygen atoms in total. The predicted octanol–water partition coefficient (Wildman–Crippen LogP) is 2.53. The third kappa shape index (κ3) is 2.01. The minimum atomic E-state index is 0.0568. The number of halogens is 1. The summed E-state index contributed by atoms with van der Waals surface area (Å²) in [6, 6.07) is 2.07. The molecule has 4 heteroatoms. The van der Waals surface area contributed by atoms with Gasteiger partial charge in [0, 0.05) is 21.6 Å². The summed E-state index contributed by atoms with van der Waals surface area (Å²) in [5, 5.41) is 0. The van der Waals surface area contributed by atoms with Crippen molar-refractivity contribution in [1.29, 1.82) is 0 Å². The maximum absolute atomic E-state index is 5.53. The molecule has 2 heterocycles. The SMILES string of the molecule is CCOc1ncc(Br)cc1C1(C)COC1. The third-order valence-corrected chi connectivity index (χ3v) is 3.02. The summed E-state index contributed by atoms with van der Waals surface area (Å²) >= 11 is 3.43. The van der Waals surface area contributed by atoms with E-state index >= 15 is 0 Å². The number of ether oxygens (including phenoxy) is 2. The molecule has 0 bridgehead atoms. The summed E-state index contributed by atoms with van der Waals surface area (Å²) in [6.07, 6.45) is 1.76. The molecule has 0 radical (unpaired) electrons. The zero-order chi connectivity index (χ0) is 10.9. The van der Waals surface area contributed by atoms with Gasteiger partial charge >= 0.3 is 0 Å². The first-order chi connectivity index (χ1) is 7.15. The van der Waals surface area contributed by atoms with Crippen molar-refractivity contribution in [3.05, 3.63) is 22.3 Å². The normalized spacial score (nSPS) is 18.3. The largest absolute Gasteiger partial charge is 0.478 e. The lowest BCUT2D eigenvalue weighted by Gasteiger charge is -2.38. The van der Waals surface area contributed by atoms with Crippen LogP contribution in [-0.2, 0) is 10.2 Å². The average Bonchev–Trinajstić information content (AvgIpc) is 2.17. The highest BCUT2D eigenvalue weighted by Crippen LogP contribution is 2.37. The fraction of sp³-hybridized carbons (Fsp3) is 0.545. The Hall–Kier alpha value is -0.610. The van der Waals surface area contributed by atoms with Gasteiger partial charge in [-0.15, -0.1) is 0 Å². The number of rotatable bonds is 3. The number of aromatic nitrogens is 1. The average molecular weight is 272 g/mol. The molecular weight excluding hydrogens is 258 g/mol. The summed E-state index contributed by atoms with van der Waals surface area (Å²) in [5.74, 6) is 0.728. The summed E-state index contributed by atoms with van der Waals surface area (Å²) < 4.78 is 11.8. The lowest BCUT2D eigenvalue weighted by atomic mass is 9.81. The Morgan fingerprint density at radius 2 is 2.33 bits per heavy atom. The van der Waals surface area contributed by atoms with E-state index < -0.39 is 0 Å². The highest BCUT2D eigenvalue weighted by atomic mass is 79.9. The monoisotopic (exact) mass is 271 g/mol. The van der Waals surface area contributed by atoms with Crippen molar-refractivity contribution in [2.24, 2.45) is 0 Å². The van der Waals surface area contributed by atoms with Crippen molar-refractivity contribution in [3.8, 4) is 5.88 Å². The van der Waals surface area contributed by atoms with Gasteiger partial charge in [0.2, 0.25) is 5.88 Å². The first-order valence-electron chi connectivity index (χ1n) is 5.02. The Bertz CT molecular complexity index is 364. The van der Waals surface area contributed by atoms with Crippen LogP contribution in [-0.4, -0.2) is 24.8 Å². The molecule has 1 aromatic rings. The summed E-state index contributed by atoms with van der Waals surface area (Å²) in [4.78, 5) is 4.29. The Balaban J connectivity index is 2.38. The van der Waals surface area contributed by atoms with E-state index in [1.807, 2.05) is 6.92 Å². The Kier molecular flexibility index (Phi) is 2.98. The fourth-order valence-electron chi connectivity index (χ4n) is 1.67. The van der Waals surface area contributed by atoms with Crippen molar-refractivity contribution in [3.63, 3.8) is 0 Å². The zero-order valence-corrected chi connectivity index (χ0v) is 10.5. The molecule has 1 fully saturated rings. The minimum absolute atomic E-state index is 0.0568. The molecule has 0 saturated carbocycles. The number of hydrogen-bond acceptors (Lipinski definition) is 3. The molecule has 1 aliphatic rings. The van der Waals surface area contributed by atoms with Crippen molar-refractivity contribution >= 4 is 15.9 Å². The van der Waals surface area contributed by atoms with E-state index in [0.717, 1.165) is 29.1 Å². The second-order valence-electron chi connectivity index (χ2n) is 3.99. The summed E-state index contributed by atoms with van der Waals surface area (Å²) in [7, 11) is 0. The van der Waals surface area contributed by atoms with Crippen LogP contribution >= 0.6 is 15.9 Å². The van der Waals surface area contributed by atoms with Crippen molar-refractivity contribution < 1.29 is 9.47 Å². The maximum Gasteiger partial charge on any atom is 0.217 e. The molecule has 15 heavy (non-hydrogen) atoms. The van der Waals surface area contributed by atoms with E-state index in [0.29, 0.717) is 6.61 Å². The molecule has 0 N–H and O–H groups in total. The lowest BCUT2D eigenvalue weighted by Crippen LogP contribution is -2.44. The van der Waals surface area contributed by atoms with Crippen LogP contribution < -0.4 is 4.74 Å². The standard InChI is InChI=1S/C11H14BrNO2/c1-3-15-10-9(4-8(12)5-13-10)11(2)6-14-7-11/h4-5H,3,6-7H2,1-2H3. The van der Waals surface area contributed by atoms with E-state index in [-0.39, 0.29) is 5.41 Å². The molecular formula is C11H14BrNO2. The fourth-order valence-corrected chi connectivity index (χ4v) is 2.01. The third-order valence-electron chi connectivity index (χ3n) is 2.59. The van der Waals surface area contributed by atoms with E-state index in [9.17, 15) is 0 Å². The molecule has 82 valence electrons. The van der Waals surface area contributed by atoms with Crippen LogP contribution in [0.2, 0.25) is 0 Å². The van der Waals surface area contributed by atoms with Gasteiger partial charge in [-0.3, -0.25) is 0 Å². The first kappa shape index (κ1) is 10.9.